The van der Waals surface area contributed by atoms with Crippen LogP contribution in [0.2, 0.25) is 0 Å². The quantitative estimate of drug-likeness (QED) is 0.0180. The molecule has 6 heterocycles. The molecular formula is C85H110N8O16. The van der Waals surface area contributed by atoms with Gasteiger partial charge in [-0.1, -0.05) is 52.0 Å². The molecule has 2 saturated heterocycles. The number of unbranched alkanes of at least 4 members (excludes halogenated alkanes) is 4. The highest BCUT2D eigenvalue weighted by atomic mass is 16.6. The molecule has 10 rings (SSSR count). The topological polar surface area (TPSA) is 301 Å². The second kappa shape index (κ2) is 40.3. The van der Waals surface area contributed by atoms with Gasteiger partial charge in [-0.25, -0.2) is 0 Å². The first-order chi connectivity index (χ1) is 52.5. The Morgan fingerprint density at radius 3 is 1.24 bits per heavy atom. The van der Waals surface area contributed by atoms with Crippen molar-refractivity contribution in [3.8, 4) is 45.5 Å². The van der Waals surface area contributed by atoms with Gasteiger partial charge in [-0.15, -0.1) is 0 Å². The number of aryl methyl sites for hydroxylation is 4. The van der Waals surface area contributed by atoms with E-state index in [2.05, 4.69) is 66.7 Å². The summed E-state index contributed by atoms with van der Waals surface area (Å²) in [6.07, 6.45) is 8.73. The number of amides is 2. The molecule has 0 spiro atoms. The summed E-state index contributed by atoms with van der Waals surface area (Å²) in [6.45, 7) is 30.0. The van der Waals surface area contributed by atoms with Gasteiger partial charge in [0.25, 0.3) is 34.7 Å². The van der Waals surface area contributed by atoms with Crippen molar-refractivity contribution in [1.29, 1.82) is 0 Å². The van der Waals surface area contributed by atoms with Crippen LogP contribution >= 0.6 is 0 Å². The number of ether oxygens (including phenoxy) is 7. The summed E-state index contributed by atoms with van der Waals surface area (Å²) < 4.78 is 50.3. The van der Waals surface area contributed by atoms with Crippen LogP contribution in [0.5, 0.6) is 23.3 Å². The van der Waals surface area contributed by atoms with E-state index in [0.29, 0.717) is 97.3 Å². The molecule has 2 atom stereocenters. The van der Waals surface area contributed by atoms with E-state index in [1.807, 2.05) is 142 Å². The van der Waals surface area contributed by atoms with Gasteiger partial charge in [0.05, 0.1) is 33.5 Å². The van der Waals surface area contributed by atoms with Crippen LogP contribution in [-0.4, -0.2) is 134 Å². The first-order valence-corrected chi connectivity index (χ1v) is 38.4. The van der Waals surface area contributed by atoms with Gasteiger partial charge in [0.1, 0.15) is 23.3 Å². The monoisotopic (exact) mass is 1500 g/mol. The number of carboxylic acid groups (broad SMARTS) is 1. The van der Waals surface area contributed by atoms with Crippen LogP contribution in [0.3, 0.4) is 0 Å². The molecule has 109 heavy (non-hydrogen) atoms. The molecule has 0 aliphatic carbocycles. The summed E-state index contributed by atoms with van der Waals surface area (Å²) in [6, 6.07) is 31.8. The summed E-state index contributed by atoms with van der Waals surface area (Å²) in [4.78, 5) is 87.2. The smallest absolute Gasteiger partial charge is 0.316 e. The molecule has 0 bridgehead atoms. The van der Waals surface area contributed by atoms with E-state index >= 15 is 0 Å². The van der Waals surface area contributed by atoms with Crippen LogP contribution in [0.15, 0.2) is 116 Å². The molecule has 4 aromatic carbocycles. The molecule has 0 saturated carbocycles. The number of nitrogens with zero attached hydrogens (tertiary/aromatic N) is 4. The van der Waals surface area contributed by atoms with Crippen LogP contribution in [0.1, 0.15) is 195 Å². The largest absolute Gasteiger partial charge is 0.494 e. The number of aromatic nitrogens is 4. The highest BCUT2D eigenvalue weighted by molar-refractivity contribution is 6.00. The molecule has 8 aromatic rings. The standard InChI is InChI=1S/C43H56N4O8.C42H54N4O8/c1-8-47(33-16-20-52-21-17-33)37-24-32(23-35(30(37)6)41(48)44-26-36-28(4)22-29(5)45-42(36)49)31-12-14-34(15-13-31)53-18-10-9-11-19-54-39-25-38(55-46-39)40(27(2)3)43(50)51-7;1-7-46(32-15-19-51-20-16-32)36-23-31(22-34(29(36)6)40(47)43-25-35-27(4)21-28(5)44-41(35)48)30-11-13-33(14-12-30)52-17-9-8-10-18-53-38-24-37(54-45-38)39(26(2)3)42(49)50/h12-15,22-25,27,33,40H,8-11,16-21,26H2,1-7H3,(H,44,48)(H,45,49);11-14,21-24,26,32,39H,7-10,15-20,25H2,1-6H3,(H,43,47)(H,44,48)(H,49,50). The summed E-state index contributed by atoms with van der Waals surface area (Å²) in [7, 11) is 1.36. The Morgan fingerprint density at radius 2 is 0.890 bits per heavy atom. The maximum atomic E-state index is 13.9. The minimum Gasteiger partial charge on any atom is -0.494 e. The molecule has 586 valence electrons. The van der Waals surface area contributed by atoms with Crippen molar-refractivity contribution in [3.05, 3.63) is 185 Å². The number of pyridine rings is 2. The van der Waals surface area contributed by atoms with Gasteiger partial charge in [-0.3, -0.25) is 28.8 Å². The molecule has 5 N–H and O–H groups in total. The Bertz CT molecular complexity index is 4430. The highest BCUT2D eigenvalue weighted by Crippen LogP contribution is 2.38. The average Bonchev–Trinajstić information content (AvgIpc) is 1.43. The van der Waals surface area contributed by atoms with Crippen LogP contribution in [-0.2, 0) is 36.9 Å². The fraction of sp³-hybridized carbons (Fsp3) is 0.482. The number of methoxy groups -OCH3 is 1. The lowest BCUT2D eigenvalue weighted by molar-refractivity contribution is -0.144. The number of nitrogens with one attached hydrogen (secondary N) is 4. The summed E-state index contributed by atoms with van der Waals surface area (Å²) in [5.74, 6) is -0.287. The minimum absolute atomic E-state index is 0.000647. The van der Waals surface area contributed by atoms with Gasteiger partial charge in [0, 0.05) is 122 Å². The van der Waals surface area contributed by atoms with Crippen molar-refractivity contribution < 1.29 is 66.5 Å². The van der Waals surface area contributed by atoms with Crippen LogP contribution in [0.25, 0.3) is 22.3 Å². The first-order valence-electron chi connectivity index (χ1n) is 38.4. The molecule has 0 radical (unpaired) electrons. The molecular weight excluding hydrogens is 1390 g/mol. The number of aliphatic carboxylic acids is 1. The number of rotatable bonds is 36. The molecule has 2 aliphatic heterocycles. The SMILES string of the molecule is CCN(c1cc(-c2ccc(OCCCCCOc3cc(C(C(=O)O)C(C)C)on3)cc2)cc(C(=O)NCc2c(C)cc(C)[nH]c2=O)c1C)C1CCOCC1.CCN(c1cc(-c2ccc(OCCCCCOc3cc(C(C(=O)OC)C(C)C)on3)cc2)cc(C(=O)NCc2c(C)cc(C)[nH]c2=O)c1C)C1CCOCC1. The van der Waals surface area contributed by atoms with Gasteiger partial charge in [0.2, 0.25) is 0 Å². The van der Waals surface area contributed by atoms with Gasteiger partial charge < -0.3 is 77.7 Å². The van der Waals surface area contributed by atoms with E-state index < -0.39 is 17.8 Å². The van der Waals surface area contributed by atoms with Gasteiger partial charge in [-0.05, 0) is 247 Å². The number of H-pyrrole nitrogens is 2. The number of aromatic amines is 2. The number of hydrogen-bond acceptors (Lipinski definition) is 19. The third kappa shape index (κ3) is 22.5. The normalized spacial score (nSPS) is 13.8. The lowest BCUT2D eigenvalue weighted by Gasteiger charge is -2.37. The zero-order valence-corrected chi connectivity index (χ0v) is 65.6. The number of hydrogen-bond donors (Lipinski definition) is 5. The van der Waals surface area contributed by atoms with Crippen LogP contribution in [0.4, 0.5) is 11.4 Å². The number of carbonyl (C=O) groups is 4. The first kappa shape index (κ1) is 82.8. The predicted octanol–water partition coefficient (Wildman–Crippen LogP) is 14.8. The Morgan fingerprint density at radius 1 is 0.514 bits per heavy atom. The highest BCUT2D eigenvalue weighted by Gasteiger charge is 2.32. The maximum absolute atomic E-state index is 13.9. The summed E-state index contributed by atoms with van der Waals surface area (Å²) >= 11 is 0. The minimum atomic E-state index is -0.949. The number of carboxylic acids is 1. The Hall–Kier alpha value is -10.2. The van der Waals surface area contributed by atoms with E-state index in [0.717, 1.165) is 169 Å². The van der Waals surface area contributed by atoms with Crippen LogP contribution < -0.4 is 50.5 Å². The second-order valence-electron chi connectivity index (χ2n) is 28.9. The lowest BCUT2D eigenvalue weighted by atomic mass is 9.93. The number of carbonyl (C=O) groups excluding carboxylic acids is 3. The van der Waals surface area contributed by atoms with Crippen molar-refractivity contribution in [3.63, 3.8) is 0 Å². The van der Waals surface area contributed by atoms with Gasteiger partial charge >= 0.3 is 11.9 Å². The van der Waals surface area contributed by atoms with E-state index in [1.165, 1.54) is 7.11 Å². The van der Waals surface area contributed by atoms with E-state index in [4.69, 9.17) is 42.2 Å². The lowest BCUT2D eigenvalue weighted by Crippen LogP contribution is -2.40. The molecule has 24 heteroatoms. The Balaban J connectivity index is 0.000000251. The Labute approximate surface area is 639 Å². The molecule has 24 nitrogen and oxygen atoms in total. The third-order valence-corrected chi connectivity index (χ3v) is 20.3. The summed E-state index contributed by atoms with van der Waals surface area (Å²) in [5.41, 5.74) is 12.7. The van der Waals surface area contributed by atoms with Gasteiger partial charge in [0.15, 0.2) is 11.5 Å². The second-order valence-corrected chi connectivity index (χ2v) is 28.9. The van der Waals surface area contributed by atoms with Gasteiger partial charge in [-0.2, -0.15) is 0 Å². The van der Waals surface area contributed by atoms with E-state index in [9.17, 15) is 33.9 Å². The van der Waals surface area contributed by atoms with Crippen molar-refractivity contribution >= 4 is 35.1 Å². The van der Waals surface area contributed by atoms with Crippen molar-refractivity contribution in [2.24, 2.45) is 11.8 Å². The van der Waals surface area contributed by atoms with Crippen molar-refractivity contribution in [1.82, 2.24) is 30.9 Å². The zero-order chi connectivity index (χ0) is 78.3. The Kier molecular flexibility index (Phi) is 30.6. The number of anilines is 2. The van der Waals surface area contributed by atoms with Crippen LogP contribution in [0, 0.1) is 53.4 Å². The number of esters is 1. The molecule has 2 unspecified atom stereocenters. The molecule has 4 aromatic heterocycles. The molecule has 2 amide bonds. The van der Waals surface area contributed by atoms with E-state index in [1.54, 1.807) is 12.1 Å². The molecule has 2 aliphatic rings. The summed E-state index contributed by atoms with van der Waals surface area (Å²) in [5, 5.41) is 23.3. The zero-order valence-electron chi connectivity index (χ0n) is 65.6. The number of benzene rings is 4. The fourth-order valence-corrected chi connectivity index (χ4v) is 14.3. The maximum Gasteiger partial charge on any atom is 0.316 e. The van der Waals surface area contributed by atoms with E-state index in [-0.39, 0.29) is 53.8 Å². The van der Waals surface area contributed by atoms with Crippen molar-refractivity contribution in [2.75, 3.05) is 82.9 Å². The average molecular weight is 1500 g/mol. The predicted molar refractivity (Wildman–Crippen MR) is 420 cm³/mol. The van der Waals surface area contributed by atoms with Crippen molar-refractivity contribution in [2.45, 2.75) is 184 Å². The fourth-order valence-electron chi connectivity index (χ4n) is 14.3. The molecule has 2 fully saturated rings. The third-order valence-electron chi connectivity index (χ3n) is 20.3.